The fourth-order valence-electron chi connectivity index (χ4n) is 2.04. The largest absolute Gasteiger partial charge is 0.494 e. The number of nitrogens with zero attached hydrogens (tertiary/aromatic N) is 1. The van der Waals surface area contributed by atoms with E-state index < -0.39 is 23.5 Å². The molecule has 1 aliphatic heterocycles. The second-order valence-corrected chi connectivity index (χ2v) is 4.63. The van der Waals surface area contributed by atoms with Gasteiger partial charge in [-0.3, -0.25) is 9.59 Å². The zero-order valence-electron chi connectivity index (χ0n) is 10.2. The summed E-state index contributed by atoms with van der Waals surface area (Å²) >= 11 is 5.93. The Labute approximate surface area is 114 Å². The summed E-state index contributed by atoms with van der Waals surface area (Å²) in [6.45, 7) is 0.0258. The molecule has 1 aromatic carbocycles. The highest BCUT2D eigenvalue weighted by molar-refractivity contribution is 6.34. The molecule has 7 heteroatoms. The van der Waals surface area contributed by atoms with Gasteiger partial charge in [0.15, 0.2) is 11.6 Å². The van der Waals surface area contributed by atoms with Crippen LogP contribution in [0.1, 0.15) is 6.42 Å². The van der Waals surface area contributed by atoms with Crippen molar-refractivity contribution in [2.24, 2.45) is 11.7 Å². The molecule has 1 aliphatic rings. The highest BCUT2D eigenvalue weighted by Gasteiger charge is 2.36. The van der Waals surface area contributed by atoms with Gasteiger partial charge in [-0.05, 0) is 12.1 Å². The third-order valence-corrected chi connectivity index (χ3v) is 3.35. The molecule has 1 atom stereocenters. The number of rotatable bonds is 3. The number of ether oxygens (including phenoxy) is 1. The Kier molecular flexibility index (Phi) is 3.61. The number of hydrogen-bond acceptors (Lipinski definition) is 3. The number of amides is 2. The van der Waals surface area contributed by atoms with Crippen molar-refractivity contribution in [3.63, 3.8) is 0 Å². The molecule has 0 saturated carbocycles. The molecule has 1 saturated heterocycles. The minimum atomic E-state index is -0.728. The summed E-state index contributed by atoms with van der Waals surface area (Å²) in [5.41, 5.74) is 5.09. The van der Waals surface area contributed by atoms with E-state index in [2.05, 4.69) is 0 Å². The molecule has 0 aliphatic carbocycles. The summed E-state index contributed by atoms with van der Waals surface area (Å²) in [5.74, 6) is -2.36. The lowest BCUT2D eigenvalue weighted by atomic mass is 10.1. The number of primary amides is 1. The number of benzene rings is 1. The maximum atomic E-state index is 14.2. The van der Waals surface area contributed by atoms with Crippen molar-refractivity contribution in [2.45, 2.75) is 6.42 Å². The Morgan fingerprint density at radius 3 is 2.79 bits per heavy atom. The SMILES string of the molecule is COc1ccc(Cl)c(N2CC(C(N)=O)CC2=O)c1F. The lowest BCUT2D eigenvalue weighted by Gasteiger charge is -2.19. The van der Waals surface area contributed by atoms with Gasteiger partial charge in [-0.2, -0.15) is 0 Å². The van der Waals surface area contributed by atoms with Crippen molar-refractivity contribution in [3.05, 3.63) is 23.0 Å². The highest BCUT2D eigenvalue weighted by atomic mass is 35.5. The van der Waals surface area contributed by atoms with Crippen LogP contribution in [0, 0.1) is 11.7 Å². The molecular formula is C12H12ClFN2O3. The molecule has 1 heterocycles. The van der Waals surface area contributed by atoms with Crippen LogP contribution in [0.3, 0.4) is 0 Å². The van der Waals surface area contributed by atoms with Gasteiger partial charge in [0.2, 0.25) is 11.8 Å². The van der Waals surface area contributed by atoms with Gasteiger partial charge in [-0.1, -0.05) is 11.6 Å². The van der Waals surface area contributed by atoms with Gasteiger partial charge in [0.05, 0.1) is 18.1 Å². The average molecular weight is 287 g/mol. The summed E-state index contributed by atoms with van der Waals surface area (Å²) < 4.78 is 19.0. The van der Waals surface area contributed by atoms with Crippen LogP contribution in [0.4, 0.5) is 10.1 Å². The van der Waals surface area contributed by atoms with Crippen molar-refractivity contribution in [1.82, 2.24) is 0 Å². The average Bonchev–Trinajstić information content (AvgIpc) is 2.72. The molecule has 2 rings (SSSR count). The van der Waals surface area contributed by atoms with E-state index in [0.29, 0.717) is 0 Å². The van der Waals surface area contributed by atoms with E-state index in [1.807, 2.05) is 0 Å². The Morgan fingerprint density at radius 2 is 2.26 bits per heavy atom. The van der Waals surface area contributed by atoms with Crippen LogP contribution in [0.2, 0.25) is 5.02 Å². The number of anilines is 1. The zero-order chi connectivity index (χ0) is 14.2. The maximum absolute atomic E-state index is 14.2. The Hall–Kier alpha value is -1.82. The third kappa shape index (κ3) is 2.35. The van der Waals surface area contributed by atoms with Crippen LogP contribution in [0.5, 0.6) is 5.75 Å². The Morgan fingerprint density at radius 1 is 1.58 bits per heavy atom. The molecule has 5 nitrogen and oxygen atoms in total. The van der Waals surface area contributed by atoms with Gasteiger partial charge in [0.25, 0.3) is 0 Å². The monoisotopic (exact) mass is 286 g/mol. The van der Waals surface area contributed by atoms with Gasteiger partial charge in [-0.15, -0.1) is 0 Å². The lowest BCUT2D eigenvalue weighted by molar-refractivity contribution is -0.123. The first-order valence-electron chi connectivity index (χ1n) is 5.57. The van der Waals surface area contributed by atoms with Crippen LogP contribution in [0.15, 0.2) is 12.1 Å². The van der Waals surface area contributed by atoms with Crippen LogP contribution in [0.25, 0.3) is 0 Å². The first-order valence-corrected chi connectivity index (χ1v) is 5.95. The second-order valence-electron chi connectivity index (χ2n) is 4.22. The standard InChI is InChI=1S/C12H12ClFN2O3/c1-19-8-3-2-7(13)11(10(8)14)16-5-6(12(15)18)4-9(16)17/h2-3,6H,4-5H2,1H3,(H2,15,18). The predicted molar refractivity (Wildman–Crippen MR) is 67.6 cm³/mol. The normalized spacial score (nSPS) is 18.8. The number of hydrogen-bond donors (Lipinski definition) is 1. The molecular weight excluding hydrogens is 275 g/mol. The second kappa shape index (κ2) is 5.05. The molecule has 0 radical (unpaired) electrons. The van der Waals surface area contributed by atoms with E-state index >= 15 is 0 Å². The molecule has 1 aromatic rings. The molecule has 0 bridgehead atoms. The summed E-state index contributed by atoms with van der Waals surface area (Å²) in [7, 11) is 1.31. The van der Waals surface area contributed by atoms with Crippen molar-refractivity contribution in [1.29, 1.82) is 0 Å². The molecule has 2 N–H and O–H groups in total. The van der Waals surface area contributed by atoms with Crippen LogP contribution in [-0.2, 0) is 9.59 Å². The highest BCUT2D eigenvalue weighted by Crippen LogP contribution is 2.37. The summed E-state index contributed by atoms with van der Waals surface area (Å²) in [5, 5.41) is 0.0803. The number of halogens is 2. The maximum Gasteiger partial charge on any atom is 0.228 e. The summed E-state index contributed by atoms with van der Waals surface area (Å²) in [4.78, 5) is 24.1. The van der Waals surface area contributed by atoms with E-state index in [9.17, 15) is 14.0 Å². The molecule has 1 fully saturated rings. The van der Waals surface area contributed by atoms with Gasteiger partial charge in [-0.25, -0.2) is 4.39 Å². The number of methoxy groups -OCH3 is 1. The zero-order valence-corrected chi connectivity index (χ0v) is 10.9. The fraction of sp³-hybridized carbons (Fsp3) is 0.333. The number of nitrogens with two attached hydrogens (primary N) is 1. The third-order valence-electron chi connectivity index (χ3n) is 3.05. The lowest BCUT2D eigenvalue weighted by Crippen LogP contribution is -2.29. The molecule has 2 amide bonds. The van der Waals surface area contributed by atoms with Gasteiger partial charge in [0, 0.05) is 13.0 Å². The minimum absolute atomic E-state index is 0.0188. The quantitative estimate of drug-likeness (QED) is 0.911. The number of carbonyl (C=O) groups is 2. The van der Waals surface area contributed by atoms with Gasteiger partial charge in [0.1, 0.15) is 5.69 Å². The smallest absolute Gasteiger partial charge is 0.228 e. The molecule has 102 valence electrons. The number of carbonyl (C=O) groups excluding carboxylic acids is 2. The Balaban J connectivity index is 2.42. The van der Waals surface area contributed by atoms with E-state index in [1.54, 1.807) is 0 Å². The van der Waals surface area contributed by atoms with E-state index in [0.717, 1.165) is 4.90 Å². The van der Waals surface area contributed by atoms with Gasteiger partial charge >= 0.3 is 0 Å². The predicted octanol–water partition coefficient (Wildman–Crippen LogP) is 1.33. The Bertz CT molecular complexity index is 550. The van der Waals surface area contributed by atoms with Crippen molar-refractivity contribution in [3.8, 4) is 5.75 Å². The molecule has 0 aromatic heterocycles. The van der Waals surface area contributed by atoms with Crippen LogP contribution >= 0.6 is 11.6 Å². The first-order chi connectivity index (χ1) is 8.95. The van der Waals surface area contributed by atoms with Crippen molar-refractivity contribution in [2.75, 3.05) is 18.6 Å². The van der Waals surface area contributed by atoms with Crippen LogP contribution < -0.4 is 15.4 Å². The van der Waals surface area contributed by atoms with Gasteiger partial charge < -0.3 is 15.4 Å². The molecule has 1 unspecified atom stereocenters. The minimum Gasteiger partial charge on any atom is -0.494 e. The van der Waals surface area contributed by atoms with Crippen molar-refractivity contribution >= 4 is 29.1 Å². The van der Waals surface area contributed by atoms with Crippen LogP contribution in [-0.4, -0.2) is 25.5 Å². The summed E-state index contributed by atoms with van der Waals surface area (Å²) in [6, 6.07) is 2.80. The summed E-state index contributed by atoms with van der Waals surface area (Å²) in [6.07, 6.45) is -0.0394. The van der Waals surface area contributed by atoms with E-state index in [-0.39, 0.29) is 29.4 Å². The first kappa shape index (κ1) is 13.6. The molecule has 19 heavy (non-hydrogen) atoms. The topological polar surface area (TPSA) is 72.6 Å². The fourth-order valence-corrected chi connectivity index (χ4v) is 2.29. The van der Waals surface area contributed by atoms with E-state index in [1.165, 1.54) is 19.2 Å². The molecule has 0 spiro atoms. The van der Waals surface area contributed by atoms with Crippen molar-refractivity contribution < 1.29 is 18.7 Å². The van der Waals surface area contributed by atoms with E-state index in [4.69, 9.17) is 22.1 Å².